The van der Waals surface area contributed by atoms with Gasteiger partial charge in [-0.15, -0.1) is 10.2 Å². The van der Waals surface area contributed by atoms with Crippen molar-refractivity contribution in [3.63, 3.8) is 0 Å². The van der Waals surface area contributed by atoms with Crippen LogP contribution in [0.4, 0.5) is 10.8 Å². The number of halogens is 1. The zero-order valence-corrected chi connectivity index (χ0v) is 16.8. The Kier molecular flexibility index (Phi) is 5.72. The fourth-order valence-electron chi connectivity index (χ4n) is 2.01. The third-order valence-electron chi connectivity index (χ3n) is 3.27. The molecule has 0 bridgehead atoms. The highest BCUT2D eigenvalue weighted by atomic mass is 79.9. The van der Waals surface area contributed by atoms with E-state index in [0.717, 1.165) is 19.4 Å². The molecular formula is C17H15BrN4OS2. The van der Waals surface area contributed by atoms with Crippen molar-refractivity contribution in [2.45, 2.75) is 9.24 Å². The molecule has 0 spiro atoms. The fraction of sp³-hybridized carbons (Fsp3) is 0.118. The molecule has 2 aromatic carbocycles. The highest BCUT2D eigenvalue weighted by molar-refractivity contribution is 9.10. The number of rotatable bonds is 5. The van der Waals surface area contributed by atoms with E-state index in [-0.39, 0.29) is 5.91 Å². The van der Waals surface area contributed by atoms with Gasteiger partial charge in [0, 0.05) is 34.7 Å². The van der Waals surface area contributed by atoms with Gasteiger partial charge in [0.05, 0.1) is 0 Å². The molecule has 1 amide bonds. The molecule has 0 atom stereocenters. The Morgan fingerprint density at radius 1 is 1.16 bits per heavy atom. The van der Waals surface area contributed by atoms with Crippen LogP contribution in [0.15, 0.2) is 62.2 Å². The average molecular weight is 435 g/mol. The molecule has 1 heterocycles. The van der Waals surface area contributed by atoms with Crippen LogP contribution in [-0.2, 0) is 0 Å². The molecule has 128 valence electrons. The van der Waals surface area contributed by atoms with Crippen LogP contribution < -0.4 is 10.2 Å². The second-order valence-corrected chi connectivity index (χ2v) is 8.54. The number of benzene rings is 2. The van der Waals surface area contributed by atoms with Gasteiger partial charge in [0.25, 0.3) is 5.91 Å². The van der Waals surface area contributed by atoms with Gasteiger partial charge in [-0.2, -0.15) is 0 Å². The Hall–Kier alpha value is -1.90. The molecule has 3 aromatic rings. The van der Waals surface area contributed by atoms with Crippen LogP contribution in [0.3, 0.4) is 0 Å². The molecule has 0 unspecified atom stereocenters. The first kappa shape index (κ1) is 17.9. The minimum atomic E-state index is -0.204. The number of hydrogen-bond donors (Lipinski definition) is 1. The first-order valence-electron chi connectivity index (χ1n) is 7.37. The number of carbonyl (C=O) groups excluding carboxylic acids is 1. The quantitative estimate of drug-likeness (QED) is 0.585. The van der Waals surface area contributed by atoms with E-state index in [2.05, 4.69) is 48.5 Å². The molecule has 0 aliphatic heterocycles. The first-order chi connectivity index (χ1) is 12.0. The van der Waals surface area contributed by atoms with Crippen molar-refractivity contribution in [2.24, 2.45) is 0 Å². The Balaban J connectivity index is 1.65. The predicted octanol–water partition coefficient (Wildman–Crippen LogP) is 4.77. The maximum absolute atomic E-state index is 12.2. The van der Waals surface area contributed by atoms with Gasteiger partial charge < -0.3 is 4.90 Å². The van der Waals surface area contributed by atoms with Crippen molar-refractivity contribution in [1.82, 2.24) is 10.2 Å². The average Bonchev–Trinajstić information content (AvgIpc) is 3.02. The molecule has 8 heteroatoms. The Labute approximate surface area is 162 Å². The van der Waals surface area contributed by atoms with Gasteiger partial charge in [-0.1, -0.05) is 45.1 Å². The van der Waals surface area contributed by atoms with Crippen LogP contribution in [0.2, 0.25) is 0 Å². The third-order valence-corrected chi connectivity index (χ3v) is 5.66. The second kappa shape index (κ2) is 7.99. The molecule has 0 fully saturated rings. The molecule has 3 rings (SSSR count). The van der Waals surface area contributed by atoms with E-state index in [1.165, 1.54) is 23.1 Å². The fourth-order valence-corrected chi connectivity index (χ4v) is 4.13. The smallest absolute Gasteiger partial charge is 0.257 e. The number of carbonyl (C=O) groups is 1. The van der Waals surface area contributed by atoms with Gasteiger partial charge in [0.1, 0.15) is 0 Å². The third kappa shape index (κ3) is 4.81. The van der Waals surface area contributed by atoms with Crippen LogP contribution in [0.25, 0.3) is 0 Å². The highest BCUT2D eigenvalue weighted by Gasteiger charge is 2.11. The van der Waals surface area contributed by atoms with Crippen LogP contribution in [0, 0.1) is 0 Å². The van der Waals surface area contributed by atoms with Gasteiger partial charge in [-0.3, -0.25) is 10.1 Å². The summed E-state index contributed by atoms with van der Waals surface area (Å²) in [6, 6.07) is 15.4. The minimum Gasteiger partial charge on any atom is -0.378 e. The maximum atomic E-state index is 12.2. The van der Waals surface area contributed by atoms with Crippen molar-refractivity contribution in [1.29, 1.82) is 0 Å². The second-order valence-electron chi connectivity index (χ2n) is 5.33. The van der Waals surface area contributed by atoms with Crippen LogP contribution in [0.5, 0.6) is 0 Å². The molecule has 0 aliphatic carbocycles. The summed E-state index contributed by atoms with van der Waals surface area (Å²) in [5.41, 5.74) is 1.71. The molecule has 25 heavy (non-hydrogen) atoms. The molecule has 5 nitrogen and oxygen atoms in total. The monoisotopic (exact) mass is 434 g/mol. The van der Waals surface area contributed by atoms with Gasteiger partial charge in [0.15, 0.2) is 4.34 Å². The lowest BCUT2D eigenvalue weighted by Crippen LogP contribution is -2.11. The molecule has 0 radical (unpaired) electrons. The van der Waals surface area contributed by atoms with Gasteiger partial charge in [-0.05, 0) is 42.5 Å². The Morgan fingerprint density at radius 3 is 2.60 bits per heavy atom. The summed E-state index contributed by atoms with van der Waals surface area (Å²) in [5, 5.41) is 11.4. The lowest BCUT2D eigenvalue weighted by molar-refractivity contribution is 0.102. The van der Waals surface area contributed by atoms with E-state index in [9.17, 15) is 4.79 Å². The maximum Gasteiger partial charge on any atom is 0.257 e. The largest absolute Gasteiger partial charge is 0.378 e. The van der Waals surface area contributed by atoms with Crippen molar-refractivity contribution >= 4 is 55.8 Å². The van der Waals surface area contributed by atoms with Crippen LogP contribution in [-0.4, -0.2) is 30.2 Å². The zero-order chi connectivity index (χ0) is 17.8. The summed E-state index contributed by atoms with van der Waals surface area (Å²) in [6.07, 6.45) is 0. The summed E-state index contributed by atoms with van der Waals surface area (Å²) in [6.45, 7) is 0. The van der Waals surface area contributed by atoms with Gasteiger partial charge >= 0.3 is 0 Å². The summed E-state index contributed by atoms with van der Waals surface area (Å²) in [4.78, 5) is 15.4. The number of amides is 1. The van der Waals surface area contributed by atoms with E-state index in [1.807, 2.05) is 38.4 Å². The van der Waals surface area contributed by atoms with E-state index in [0.29, 0.717) is 10.7 Å². The van der Waals surface area contributed by atoms with Crippen molar-refractivity contribution in [3.8, 4) is 0 Å². The number of anilines is 2. The summed E-state index contributed by atoms with van der Waals surface area (Å²) < 4.78 is 1.64. The SMILES string of the molecule is CN(C)c1ccc(Sc2nnc(NC(=O)c3cccc(Br)c3)s2)cc1. The van der Waals surface area contributed by atoms with Crippen molar-refractivity contribution < 1.29 is 4.79 Å². The summed E-state index contributed by atoms with van der Waals surface area (Å²) >= 11 is 6.23. The van der Waals surface area contributed by atoms with E-state index < -0.39 is 0 Å². The number of aromatic nitrogens is 2. The van der Waals surface area contributed by atoms with E-state index >= 15 is 0 Å². The number of nitrogens with one attached hydrogen (secondary N) is 1. The van der Waals surface area contributed by atoms with Gasteiger partial charge in [-0.25, -0.2) is 0 Å². The standard InChI is InChI=1S/C17H15BrN4OS2/c1-22(2)13-6-8-14(9-7-13)24-17-21-20-16(25-17)19-15(23)11-4-3-5-12(18)10-11/h3-10H,1-2H3,(H,19,20,23). The zero-order valence-electron chi connectivity index (χ0n) is 13.6. The molecule has 0 aliphatic rings. The molecule has 0 saturated heterocycles. The topological polar surface area (TPSA) is 58.1 Å². The van der Waals surface area contributed by atoms with E-state index in [1.54, 1.807) is 12.1 Å². The van der Waals surface area contributed by atoms with Crippen LogP contribution >= 0.6 is 39.0 Å². The minimum absolute atomic E-state index is 0.204. The number of hydrogen-bond acceptors (Lipinski definition) is 6. The lowest BCUT2D eigenvalue weighted by Gasteiger charge is -2.11. The Bertz CT molecular complexity index is 880. The normalized spacial score (nSPS) is 10.5. The van der Waals surface area contributed by atoms with Crippen molar-refractivity contribution in [2.75, 3.05) is 24.3 Å². The van der Waals surface area contributed by atoms with Crippen LogP contribution in [0.1, 0.15) is 10.4 Å². The van der Waals surface area contributed by atoms with Crippen molar-refractivity contribution in [3.05, 3.63) is 58.6 Å². The molecule has 1 N–H and O–H groups in total. The molecule has 1 aromatic heterocycles. The summed E-state index contributed by atoms with van der Waals surface area (Å²) in [5.74, 6) is -0.204. The summed E-state index contributed by atoms with van der Waals surface area (Å²) in [7, 11) is 4.01. The first-order valence-corrected chi connectivity index (χ1v) is 9.79. The predicted molar refractivity (Wildman–Crippen MR) is 107 cm³/mol. The van der Waals surface area contributed by atoms with Gasteiger partial charge in [0.2, 0.25) is 5.13 Å². The molecular weight excluding hydrogens is 420 g/mol. The number of nitrogens with zero attached hydrogens (tertiary/aromatic N) is 3. The molecule has 0 saturated carbocycles. The lowest BCUT2D eigenvalue weighted by atomic mass is 10.2. The highest BCUT2D eigenvalue weighted by Crippen LogP contribution is 2.32. The Morgan fingerprint density at radius 2 is 1.92 bits per heavy atom. The van der Waals surface area contributed by atoms with E-state index in [4.69, 9.17) is 0 Å².